The molecule has 20 heavy (non-hydrogen) atoms. The van der Waals surface area contributed by atoms with Crippen LogP contribution in [0.1, 0.15) is 29.7 Å². The van der Waals surface area contributed by atoms with E-state index in [0.29, 0.717) is 17.7 Å². The Hall–Kier alpha value is -2.25. The number of hydrogen-bond acceptors (Lipinski definition) is 2. The highest BCUT2D eigenvalue weighted by Crippen LogP contribution is 2.15. The highest BCUT2D eigenvalue weighted by Gasteiger charge is 2.08. The standard InChI is InChI=1S/C16H14F2N2/c1-11(13-4-6-15(17)7-5-13)20-10-14-3-2-12(9-19)8-16(14)18/h2-8,11,20H,10H2,1H3. The van der Waals surface area contributed by atoms with E-state index >= 15 is 0 Å². The second-order valence-electron chi connectivity index (χ2n) is 4.57. The maximum absolute atomic E-state index is 13.7. The van der Waals surface area contributed by atoms with Crippen LogP contribution in [0.4, 0.5) is 8.78 Å². The summed E-state index contributed by atoms with van der Waals surface area (Å²) in [5, 5.41) is 11.8. The van der Waals surface area contributed by atoms with Crippen molar-refractivity contribution in [3.8, 4) is 6.07 Å². The highest BCUT2D eigenvalue weighted by molar-refractivity contribution is 5.33. The molecular weight excluding hydrogens is 258 g/mol. The van der Waals surface area contributed by atoms with Gasteiger partial charge in [-0.25, -0.2) is 8.78 Å². The maximum Gasteiger partial charge on any atom is 0.129 e. The lowest BCUT2D eigenvalue weighted by Crippen LogP contribution is -2.18. The van der Waals surface area contributed by atoms with Crippen LogP contribution in [-0.4, -0.2) is 0 Å². The predicted molar refractivity (Wildman–Crippen MR) is 72.8 cm³/mol. The number of halogens is 2. The molecule has 0 saturated heterocycles. The van der Waals surface area contributed by atoms with Gasteiger partial charge in [0.1, 0.15) is 11.6 Å². The molecule has 0 fully saturated rings. The SMILES string of the molecule is CC(NCc1ccc(C#N)cc1F)c1ccc(F)cc1. The summed E-state index contributed by atoms with van der Waals surface area (Å²) >= 11 is 0. The highest BCUT2D eigenvalue weighted by atomic mass is 19.1. The number of rotatable bonds is 4. The summed E-state index contributed by atoms with van der Waals surface area (Å²) in [5.41, 5.74) is 1.73. The zero-order valence-corrected chi connectivity index (χ0v) is 11.0. The Bertz CT molecular complexity index is 630. The fraction of sp³-hybridized carbons (Fsp3) is 0.188. The molecule has 1 unspecified atom stereocenters. The smallest absolute Gasteiger partial charge is 0.129 e. The number of nitrogens with one attached hydrogen (secondary N) is 1. The Morgan fingerprint density at radius 3 is 2.45 bits per heavy atom. The van der Waals surface area contributed by atoms with Crippen molar-refractivity contribution >= 4 is 0 Å². The molecule has 0 radical (unpaired) electrons. The first-order valence-electron chi connectivity index (χ1n) is 6.27. The lowest BCUT2D eigenvalue weighted by molar-refractivity contribution is 0.543. The van der Waals surface area contributed by atoms with Gasteiger partial charge in [-0.15, -0.1) is 0 Å². The molecule has 2 aromatic carbocycles. The van der Waals surface area contributed by atoms with Crippen molar-refractivity contribution in [3.05, 3.63) is 70.8 Å². The van der Waals surface area contributed by atoms with Gasteiger partial charge in [0.05, 0.1) is 11.6 Å². The lowest BCUT2D eigenvalue weighted by atomic mass is 10.1. The fourth-order valence-corrected chi connectivity index (χ4v) is 1.89. The Labute approximate surface area is 116 Å². The summed E-state index contributed by atoms with van der Waals surface area (Å²) in [4.78, 5) is 0. The molecule has 102 valence electrons. The van der Waals surface area contributed by atoms with E-state index in [-0.39, 0.29) is 11.9 Å². The van der Waals surface area contributed by atoms with Gasteiger partial charge in [0, 0.05) is 18.2 Å². The van der Waals surface area contributed by atoms with Gasteiger partial charge in [-0.3, -0.25) is 0 Å². The van der Waals surface area contributed by atoms with Crippen LogP contribution in [0.5, 0.6) is 0 Å². The van der Waals surface area contributed by atoms with E-state index < -0.39 is 5.82 Å². The molecule has 0 spiro atoms. The molecule has 0 bridgehead atoms. The van der Waals surface area contributed by atoms with Crippen molar-refractivity contribution in [2.45, 2.75) is 19.5 Å². The molecule has 0 saturated carbocycles. The summed E-state index contributed by atoms with van der Waals surface area (Å²) in [6.45, 7) is 2.27. The van der Waals surface area contributed by atoms with Crippen LogP contribution in [0.15, 0.2) is 42.5 Å². The minimum Gasteiger partial charge on any atom is -0.306 e. The van der Waals surface area contributed by atoms with Crippen molar-refractivity contribution in [1.82, 2.24) is 5.32 Å². The van der Waals surface area contributed by atoms with Crippen molar-refractivity contribution in [2.75, 3.05) is 0 Å². The largest absolute Gasteiger partial charge is 0.306 e. The van der Waals surface area contributed by atoms with E-state index in [1.807, 2.05) is 13.0 Å². The molecule has 2 nitrogen and oxygen atoms in total. The van der Waals surface area contributed by atoms with Crippen LogP contribution in [0, 0.1) is 23.0 Å². The third-order valence-electron chi connectivity index (χ3n) is 3.15. The Balaban J connectivity index is 2.01. The third-order valence-corrected chi connectivity index (χ3v) is 3.15. The van der Waals surface area contributed by atoms with Crippen LogP contribution in [0.2, 0.25) is 0 Å². The Kier molecular flexibility index (Phi) is 4.44. The normalized spacial score (nSPS) is 11.9. The van der Waals surface area contributed by atoms with Crippen molar-refractivity contribution in [2.24, 2.45) is 0 Å². The number of hydrogen-bond donors (Lipinski definition) is 1. The van der Waals surface area contributed by atoms with Crippen LogP contribution < -0.4 is 5.32 Å². The first-order chi connectivity index (χ1) is 9.60. The molecule has 0 aliphatic carbocycles. The van der Waals surface area contributed by atoms with Gasteiger partial charge < -0.3 is 5.32 Å². The third kappa shape index (κ3) is 3.40. The predicted octanol–water partition coefficient (Wildman–Crippen LogP) is 3.69. The van der Waals surface area contributed by atoms with Gasteiger partial charge in [-0.2, -0.15) is 5.26 Å². The molecule has 4 heteroatoms. The van der Waals surface area contributed by atoms with E-state index in [9.17, 15) is 8.78 Å². The molecule has 0 heterocycles. The molecule has 0 aliphatic rings. The summed E-state index contributed by atoms with van der Waals surface area (Å²) in [6, 6.07) is 12.5. The molecule has 0 amide bonds. The summed E-state index contributed by atoms with van der Waals surface area (Å²) in [6.07, 6.45) is 0. The van der Waals surface area contributed by atoms with Gasteiger partial charge in [0.15, 0.2) is 0 Å². The molecular formula is C16H14F2N2. The minimum atomic E-state index is -0.400. The second kappa shape index (κ2) is 6.27. The van der Waals surface area contributed by atoms with Gasteiger partial charge in [0.2, 0.25) is 0 Å². The minimum absolute atomic E-state index is 0.0226. The molecule has 1 atom stereocenters. The summed E-state index contributed by atoms with van der Waals surface area (Å²) in [5.74, 6) is -0.679. The molecule has 0 aromatic heterocycles. The first kappa shape index (κ1) is 14.2. The molecule has 1 N–H and O–H groups in total. The van der Waals surface area contributed by atoms with Crippen molar-refractivity contribution < 1.29 is 8.78 Å². The lowest BCUT2D eigenvalue weighted by Gasteiger charge is -2.14. The zero-order valence-electron chi connectivity index (χ0n) is 11.0. The van der Waals surface area contributed by atoms with Crippen LogP contribution >= 0.6 is 0 Å². The Morgan fingerprint density at radius 2 is 1.85 bits per heavy atom. The first-order valence-corrected chi connectivity index (χ1v) is 6.27. The van der Waals surface area contributed by atoms with E-state index in [1.54, 1.807) is 24.3 Å². The average molecular weight is 272 g/mol. The van der Waals surface area contributed by atoms with Crippen LogP contribution in [0.25, 0.3) is 0 Å². The van der Waals surface area contributed by atoms with Gasteiger partial charge >= 0.3 is 0 Å². The quantitative estimate of drug-likeness (QED) is 0.921. The van der Waals surface area contributed by atoms with Gasteiger partial charge in [-0.05, 0) is 36.8 Å². The average Bonchev–Trinajstić information content (AvgIpc) is 2.46. The van der Waals surface area contributed by atoms with Gasteiger partial charge in [-0.1, -0.05) is 18.2 Å². The van der Waals surface area contributed by atoms with Crippen molar-refractivity contribution in [1.29, 1.82) is 5.26 Å². The van der Waals surface area contributed by atoms with Gasteiger partial charge in [0.25, 0.3) is 0 Å². The van der Waals surface area contributed by atoms with Crippen LogP contribution in [-0.2, 0) is 6.54 Å². The van der Waals surface area contributed by atoms with E-state index in [2.05, 4.69) is 5.32 Å². The van der Waals surface area contributed by atoms with Crippen molar-refractivity contribution in [3.63, 3.8) is 0 Å². The van der Waals surface area contributed by atoms with E-state index in [0.717, 1.165) is 5.56 Å². The zero-order chi connectivity index (χ0) is 14.5. The molecule has 0 aliphatic heterocycles. The fourth-order valence-electron chi connectivity index (χ4n) is 1.89. The summed E-state index contributed by atoms with van der Waals surface area (Å²) < 4.78 is 26.5. The number of nitriles is 1. The number of nitrogens with zero attached hydrogens (tertiary/aromatic N) is 1. The topological polar surface area (TPSA) is 35.8 Å². The van der Waals surface area contributed by atoms with Crippen LogP contribution in [0.3, 0.4) is 0 Å². The van der Waals surface area contributed by atoms with E-state index in [4.69, 9.17) is 5.26 Å². The molecule has 2 rings (SSSR count). The van der Waals surface area contributed by atoms with E-state index in [1.165, 1.54) is 18.2 Å². The second-order valence-corrected chi connectivity index (χ2v) is 4.57. The Morgan fingerprint density at radius 1 is 1.15 bits per heavy atom. The molecule has 2 aromatic rings. The maximum atomic E-state index is 13.7. The monoisotopic (exact) mass is 272 g/mol. The summed E-state index contributed by atoms with van der Waals surface area (Å²) in [7, 11) is 0. The number of benzene rings is 2.